The average Bonchev–Trinajstić information content (AvgIpc) is 3.33. The van der Waals surface area contributed by atoms with Gasteiger partial charge in [-0.3, -0.25) is 9.59 Å². The molecule has 0 bridgehead atoms. The van der Waals surface area contributed by atoms with E-state index < -0.39 is 5.91 Å². The van der Waals surface area contributed by atoms with Crippen LogP contribution in [0, 0.1) is 6.92 Å². The zero-order valence-corrected chi connectivity index (χ0v) is 15.6. The summed E-state index contributed by atoms with van der Waals surface area (Å²) in [6, 6.07) is 20.6. The Balaban J connectivity index is 1.78. The number of aromatic amines is 2. The summed E-state index contributed by atoms with van der Waals surface area (Å²) < 4.78 is 5.41. The van der Waals surface area contributed by atoms with Crippen molar-refractivity contribution in [2.75, 3.05) is 5.32 Å². The van der Waals surface area contributed by atoms with Crippen LogP contribution in [-0.2, 0) is 0 Å². The van der Waals surface area contributed by atoms with Gasteiger partial charge in [-0.25, -0.2) is 0 Å². The van der Waals surface area contributed by atoms with Crippen LogP contribution in [0.15, 0.2) is 75.9 Å². The first kappa shape index (κ1) is 17.1. The van der Waals surface area contributed by atoms with Crippen molar-refractivity contribution in [1.29, 1.82) is 0 Å². The topological polar surface area (TPSA) is 90.9 Å². The van der Waals surface area contributed by atoms with Crippen molar-refractivity contribution in [2.24, 2.45) is 0 Å². The molecule has 29 heavy (non-hydrogen) atoms. The Morgan fingerprint density at radius 1 is 0.897 bits per heavy atom. The van der Waals surface area contributed by atoms with Gasteiger partial charge < -0.3 is 19.7 Å². The van der Waals surface area contributed by atoms with Crippen LogP contribution < -0.4 is 10.9 Å². The molecule has 3 N–H and O–H groups in total. The third-order valence-corrected chi connectivity index (χ3v) is 4.94. The zero-order chi connectivity index (χ0) is 20.0. The van der Waals surface area contributed by atoms with E-state index in [1.54, 1.807) is 19.1 Å². The Morgan fingerprint density at radius 2 is 1.66 bits per heavy atom. The maximum atomic E-state index is 13.0. The molecular weight excluding hydrogens is 366 g/mol. The van der Waals surface area contributed by atoms with Crippen LogP contribution in [0.5, 0.6) is 0 Å². The summed E-state index contributed by atoms with van der Waals surface area (Å²) >= 11 is 0. The van der Waals surface area contributed by atoms with Crippen LogP contribution in [-0.4, -0.2) is 15.9 Å². The number of pyridine rings is 1. The highest BCUT2D eigenvalue weighted by Gasteiger charge is 2.21. The molecule has 6 heteroatoms. The summed E-state index contributed by atoms with van der Waals surface area (Å²) in [6.07, 6.45) is 0. The van der Waals surface area contributed by atoms with Crippen molar-refractivity contribution in [1.82, 2.24) is 9.97 Å². The van der Waals surface area contributed by atoms with Crippen LogP contribution in [0.3, 0.4) is 0 Å². The summed E-state index contributed by atoms with van der Waals surface area (Å²) in [5.74, 6) is 0.298. The molecule has 2 aromatic carbocycles. The van der Waals surface area contributed by atoms with Crippen molar-refractivity contribution in [3.05, 3.63) is 88.6 Å². The molecule has 5 rings (SSSR count). The Labute approximate surface area is 165 Å². The number of carbonyl (C=O) groups is 1. The van der Waals surface area contributed by atoms with Gasteiger partial charge in [-0.1, -0.05) is 48.5 Å². The molecule has 0 saturated heterocycles. The van der Waals surface area contributed by atoms with E-state index in [9.17, 15) is 9.59 Å². The SMILES string of the molecule is Cc1ccc(C(=O)Nc2c(-c3ccccc3)c3[nH]c4ccccc4c3[nH]c2=O)o1. The molecule has 5 aromatic rings. The predicted octanol–water partition coefficient (Wildman–Crippen LogP) is 4.83. The van der Waals surface area contributed by atoms with Crippen molar-refractivity contribution in [2.45, 2.75) is 6.92 Å². The first-order valence-corrected chi connectivity index (χ1v) is 9.22. The molecule has 3 heterocycles. The molecule has 0 atom stereocenters. The van der Waals surface area contributed by atoms with Gasteiger partial charge in [-0.05, 0) is 30.7 Å². The second-order valence-corrected chi connectivity index (χ2v) is 6.86. The number of hydrogen-bond acceptors (Lipinski definition) is 3. The third-order valence-electron chi connectivity index (χ3n) is 4.94. The molecule has 6 nitrogen and oxygen atoms in total. The number of fused-ring (bicyclic) bond motifs is 3. The van der Waals surface area contributed by atoms with Gasteiger partial charge in [-0.2, -0.15) is 0 Å². The zero-order valence-electron chi connectivity index (χ0n) is 15.6. The fraction of sp³-hybridized carbons (Fsp3) is 0.0435. The quantitative estimate of drug-likeness (QED) is 0.417. The summed E-state index contributed by atoms with van der Waals surface area (Å²) in [5, 5.41) is 3.66. The minimum atomic E-state index is -0.476. The summed E-state index contributed by atoms with van der Waals surface area (Å²) in [5.41, 5.74) is 3.62. The monoisotopic (exact) mass is 383 g/mol. The lowest BCUT2D eigenvalue weighted by atomic mass is 10.0. The fourth-order valence-electron chi connectivity index (χ4n) is 3.62. The van der Waals surface area contributed by atoms with Gasteiger partial charge in [0.15, 0.2) is 5.76 Å². The van der Waals surface area contributed by atoms with E-state index in [1.807, 2.05) is 54.6 Å². The van der Waals surface area contributed by atoms with Crippen LogP contribution in [0.4, 0.5) is 5.69 Å². The Morgan fingerprint density at radius 3 is 2.41 bits per heavy atom. The van der Waals surface area contributed by atoms with E-state index in [0.717, 1.165) is 22.0 Å². The number of benzene rings is 2. The number of amides is 1. The van der Waals surface area contributed by atoms with Crippen LogP contribution in [0.2, 0.25) is 0 Å². The number of H-pyrrole nitrogens is 2. The van der Waals surface area contributed by atoms with Gasteiger partial charge in [0.05, 0.1) is 11.0 Å². The molecule has 0 aliphatic carbocycles. The highest BCUT2D eigenvalue weighted by Crippen LogP contribution is 2.35. The van der Waals surface area contributed by atoms with E-state index >= 15 is 0 Å². The highest BCUT2D eigenvalue weighted by atomic mass is 16.3. The summed E-state index contributed by atoms with van der Waals surface area (Å²) in [6.45, 7) is 1.76. The Kier molecular flexibility index (Phi) is 3.84. The normalized spacial score (nSPS) is 11.2. The first-order valence-electron chi connectivity index (χ1n) is 9.22. The largest absolute Gasteiger partial charge is 0.456 e. The molecular formula is C23H17N3O3. The smallest absolute Gasteiger partial charge is 0.291 e. The molecule has 0 unspecified atom stereocenters. The first-order chi connectivity index (χ1) is 14.1. The van der Waals surface area contributed by atoms with Crippen molar-refractivity contribution < 1.29 is 9.21 Å². The number of aromatic nitrogens is 2. The lowest BCUT2D eigenvalue weighted by molar-refractivity contribution is 0.0995. The molecule has 0 saturated carbocycles. The van der Waals surface area contributed by atoms with Crippen LogP contribution in [0.25, 0.3) is 33.1 Å². The van der Waals surface area contributed by atoms with E-state index in [4.69, 9.17) is 4.42 Å². The second kappa shape index (κ2) is 6.53. The van der Waals surface area contributed by atoms with E-state index in [-0.39, 0.29) is 17.0 Å². The Bertz CT molecular complexity index is 1420. The maximum absolute atomic E-state index is 13.0. The van der Waals surface area contributed by atoms with Gasteiger partial charge in [-0.15, -0.1) is 0 Å². The number of aryl methyl sites for hydroxylation is 1. The van der Waals surface area contributed by atoms with Gasteiger partial charge in [0.25, 0.3) is 11.5 Å². The van der Waals surface area contributed by atoms with E-state index in [2.05, 4.69) is 15.3 Å². The number of furan rings is 1. The van der Waals surface area contributed by atoms with Crippen LogP contribution >= 0.6 is 0 Å². The van der Waals surface area contributed by atoms with Crippen molar-refractivity contribution >= 4 is 33.5 Å². The molecule has 0 radical (unpaired) electrons. The highest BCUT2D eigenvalue weighted by molar-refractivity contribution is 6.14. The fourth-order valence-corrected chi connectivity index (χ4v) is 3.62. The summed E-state index contributed by atoms with van der Waals surface area (Å²) in [4.78, 5) is 32.0. The molecule has 142 valence electrons. The van der Waals surface area contributed by atoms with Crippen molar-refractivity contribution in [3.8, 4) is 11.1 Å². The molecule has 0 fully saturated rings. The predicted molar refractivity (Wildman–Crippen MR) is 113 cm³/mol. The Hall–Kier alpha value is -4.06. The van der Waals surface area contributed by atoms with E-state index in [1.165, 1.54) is 0 Å². The number of hydrogen-bond donors (Lipinski definition) is 3. The number of nitrogens with one attached hydrogen (secondary N) is 3. The van der Waals surface area contributed by atoms with Crippen molar-refractivity contribution in [3.63, 3.8) is 0 Å². The lowest BCUT2D eigenvalue weighted by Crippen LogP contribution is -2.20. The van der Waals surface area contributed by atoms with E-state index in [0.29, 0.717) is 16.8 Å². The number of rotatable bonds is 3. The molecule has 0 aliphatic heterocycles. The number of carbonyl (C=O) groups excluding carboxylic acids is 1. The molecule has 3 aromatic heterocycles. The summed E-state index contributed by atoms with van der Waals surface area (Å²) in [7, 11) is 0. The molecule has 1 amide bonds. The minimum absolute atomic E-state index is 0.151. The minimum Gasteiger partial charge on any atom is -0.456 e. The molecule has 0 aliphatic rings. The average molecular weight is 383 g/mol. The van der Waals surface area contributed by atoms with Gasteiger partial charge in [0, 0.05) is 16.5 Å². The van der Waals surface area contributed by atoms with Gasteiger partial charge in [0.1, 0.15) is 11.4 Å². The van der Waals surface area contributed by atoms with Crippen LogP contribution in [0.1, 0.15) is 16.3 Å². The second-order valence-electron chi connectivity index (χ2n) is 6.86. The van der Waals surface area contributed by atoms with Gasteiger partial charge in [0.2, 0.25) is 0 Å². The number of para-hydroxylation sites is 1. The third kappa shape index (κ3) is 2.82. The standard InChI is InChI=1S/C23H17N3O3/c1-13-11-12-17(29-13)22(27)26-21-18(14-7-3-2-4-8-14)20-19(25-23(21)28)15-9-5-6-10-16(15)24-20/h2-12,24H,1H3,(H,25,28)(H,26,27). The maximum Gasteiger partial charge on any atom is 0.291 e. The lowest BCUT2D eigenvalue weighted by Gasteiger charge is -2.11. The number of anilines is 1. The molecule has 0 spiro atoms. The van der Waals surface area contributed by atoms with Gasteiger partial charge >= 0.3 is 0 Å².